The highest BCUT2D eigenvalue weighted by atomic mass is 16.5. The van der Waals surface area contributed by atoms with Crippen LogP contribution in [0.1, 0.15) is 21.7 Å². The molecule has 2 heterocycles. The second kappa shape index (κ2) is 10.5. The number of primary amides is 1. The average molecular weight is 511 g/mol. The summed E-state index contributed by atoms with van der Waals surface area (Å²) in [5, 5.41) is 23.8. The van der Waals surface area contributed by atoms with Crippen LogP contribution >= 0.6 is 0 Å². The maximum Gasteiger partial charge on any atom is 0.488 e. The number of fused-ring (bicyclic) bond motifs is 2. The zero-order valence-electron chi connectivity index (χ0n) is 20.6. The van der Waals surface area contributed by atoms with E-state index in [0.29, 0.717) is 70.4 Å². The van der Waals surface area contributed by atoms with Gasteiger partial charge in [0.1, 0.15) is 35.0 Å². The number of carbonyl (C=O) groups is 1. The Morgan fingerprint density at radius 1 is 1.08 bits per heavy atom. The molecule has 0 aliphatic rings. The summed E-state index contributed by atoms with van der Waals surface area (Å²) in [5.41, 5.74) is 14.3. The minimum Gasteiger partial charge on any atom is -0.490 e. The second-order valence-electron chi connectivity index (χ2n) is 8.74. The molecule has 192 valence electrons. The van der Waals surface area contributed by atoms with Gasteiger partial charge in [0.15, 0.2) is 5.82 Å². The molecule has 0 fully saturated rings. The molecule has 1 amide bonds. The standard InChI is InChI=1S/C27H26BN5O5/c1-15-22(18-7-3-9-20(25(30)34)24(18)38-15)27-32-23-19(8-4-10-21(23)37-12-11-29)26(33-27)31-14-16-5-2-6-17(13-16)28(35)36/h2-10,13,35-36H,11-12,14,29H2,1H3,(H2,30,34)(H,31,32,33). The summed E-state index contributed by atoms with van der Waals surface area (Å²) in [6.07, 6.45) is 0. The van der Waals surface area contributed by atoms with Crippen molar-refractivity contribution in [2.45, 2.75) is 13.5 Å². The molecule has 0 bridgehead atoms. The van der Waals surface area contributed by atoms with Gasteiger partial charge in [-0.15, -0.1) is 0 Å². The molecule has 0 spiro atoms. The van der Waals surface area contributed by atoms with Crippen LogP contribution in [0.15, 0.2) is 65.1 Å². The minimum atomic E-state index is -1.56. The van der Waals surface area contributed by atoms with E-state index < -0.39 is 13.0 Å². The molecule has 0 saturated heterocycles. The zero-order chi connectivity index (χ0) is 26.8. The van der Waals surface area contributed by atoms with E-state index in [0.717, 1.165) is 10.9 Å². The Kier molecular flexibility index (Phi) is 6.97. The van der Waals surface area contributed by atoms with Crippen LogP contribution in [-0.2, 0) is 6.54 Å². The number of anilines is 1. The number of benzene rings is 3. The lowest BCUT2D eigenvalue weighted by Gasteiger charge is -2.14. The van der Waals surface area contributed by atoms with Gasteiger partial charge < -0.3 is 36.0 Å². The average Bonchev–Trinajstić information content (AvgIpc) is 3.26. The van der Waals surface area contributed by atoms with Gasteiger partial charge in [0, 0.05) is 23.9 Å². The first-order chi connectivity index (χ1) is 18.4. The van der Waals surface area contributed by atoms with Crippen LogP contribution in [-0.4, -0.2) is 46.2 Å². The van der Waals surface area contributed by atoms with Crippen molar-refractivity contribution in [3.05, 3.63) is 77.6 Å². The van der Waals surface area contributed by atoms with Crippen molar-refractivity contribution in [1.29, 1.82) is 0 Å². The monoisotopic (exact) mass is 511 g/mol. The summed E-state index contributed by atoms with van der Waals surface area (Å²) in [4.78, 5) is 21.7. The Morgan fingerprint density at radius 2 is 1.84 bits per heavy atom. The lowest BCUT2D eigenvalue weighted by atomic mass is 9.80. The lowest BCUT2D eigenvalue weighted by molar-refractivity contribution is 0.100. The maximum atomic E-state index is 12.0. The van der Waals surface area contributed by atoms with Gasteiger partial charge in [0.25, 0.3) is 5.91 Å². The molecule has 11 heteroatoms. The number of carbonyl (C=O) groups excluding carboxylic acids is 1. The fourth-order valence-electron chi connectivity index (χ4n) is 4.42. The van der Waals surface area contributed by atoms with Crippen LogP contribution in [0.25, 0.3) is 33.3 Å². The summed E-state index contributed by atoms with van der Waals surface area (Å²) in [7, 11) is -1.56. The van der Waals surface area contributed by atoms with Crippen molar-refractivity contribution >= 4 is 46.2 Å². The van der Waals surface area contributed by atoms with E-state index in [9.17, 15) is 14.8 Å². The first kappa shape index (κ1) is 25.2. The molecular formula is C27H26BN5O5. The highest BCUT2D eigenvalue weighted by Crippen LogP contribution is 2.37. The van der Waals surface area contributed by atoms with E-state index >= 15 is 0 Å². The number of nitrogens with zero attached hydrogens (tertiary/aromatic N) is 2. The number of hydrogen-bond donors (Lipinski definition) is 5. The van der Waals surface area contributed by atoms with E-state index in [1.807, 2.05) is 30.3 Å². The largest absolute Gasteiger partial charge is 0.490 e. The molecule has 0 atom stereocenters. The number of aromatic nitrogens is 2. The first-order valence-electron chi connectivity index (χ1n) is 12.0. The molecule has 7 N–H and O–H groups in total. The van der Waals surface area contributed by atoms with Crippen molar-refractivity contribution < 1.29 is 24.0 Å². The summed E-state index contributed by atoms with van der Waals surface area (Å²) >= 11 is 0. The minimum absolute atomic E-state index is 0.272. The number of ether oxygens (including phenoxy) is 1. The van der Waals surface area contributed by atoms with E-state index in [2.05, 4.69) is 5.32 Å². The number of para-hydroxylation sites is 2. The molecule has 0 saturated carbocycles. The predicted octanol–water partition coefficient (Wildman–Crippen LogP) is 2.08. The molecule has 0 aliphatic heterocycles. The van der Waals surface area contributed by atoms with Crippen LogP contribution in [0, 0.1) is 6.92 Å². The lowest BCUT2D eigenvalue weighted by Crippen LogP contribution is -2.30. The molecule has 3 aromatic carbocycles. The SMILES string of the molecule is Cc1oc2c(C(N)=O)cccc2c1-c1nc(NCc2cccc(B(O)O)c2)c2cccc(OCCN)c2n1. The number of nitrogens with two attached hydrogens (primary N) is 2. The van der Waals surface area contributed by atoms with Gasteiger partial charge in [-0.1, -0.05) is 42.5 Å². The Morgan fingerprint density at radius 3 is 2.61 bits per heavy atom. The number of furan rings is 1. The number of hydrogen-bond acceptors (Lipinski definition) is 9. The van der Waals surface area contributed by atoms with E-state index in [-0.39, 0.29) is 5.56 Å². The van der Waals surface area contributed by atoms with Gasteiger partial charge >= 0.3 is 7.12 Å². The fraction of sp³-hybridized carbons (Fsp3) is 0.148. The Hall–Kier alpha value is -4.45. The summed E-state index contributed by atoms with van der Waals surface area (Å²) < 4.78 is 11.8. The van der Waals surface area contributed by atoms with Gasteiger partial charge in [-0.25, -0.2) is 9.97 Å². The highest BCUT2D eigenvalue weighted by Gasteiger charge is 2.22. The number of rotatable bonds is 9. The fourth-order valence-corrected chi connectivity index (χ4v) is 4.42. The Labute approximate surface area is 218 Å². The number of amides is 1. The maximum absolute atomic E-state index is 12.0. The molecule has 38 heavy (non-hydrogen) atoms. The summed E-state index contributed by atoms with van der Waals surface area (Å²) in [5.74, 6) is 1.40. The van der Waals surface area contributed by atoms with Crippen molar-refractivity contribution in [3.8, 4) is 17.1 Å². The van der Waals surface area contributed by atoms with Crippen LogP contribution in [0.3, 0.4) is 0 Å². The van der Waals surface area contributed by atoms with Crippen LogP contribution < -0.4 is 27.0 Å². The number of aryl methyl sites for hydroxylation is 1. The molecule has 2 aromatic heterocycles. The zero-order valence-corrected chi connectivity index (χ0v) is 20.6. The smallest absolute Gasteiger partial charge is 0.488 e. The Bertz CT molecular complexity index is 1650. The van der Waals surface area contributed by atoms with Crippen LogP contribution in [0.5, 0.6) is 5.75 Å². The summed E-state index contributed by atoms with van der Waals surface area (Å²) in [6, 6.07) is 17.7. The molecule has 5 aromatic rings. The van der Waals surface area contributed by atoms with Crippen molar-refractivity contribution in [2.24, 2.45) is 11.5 Å². The van der Waals surface area contributed by atoms with Crippen LogP contribution in [0.4, 0.5) is 5.82 Å². The van der Waals surface area contributed by atoms with E-state index in [4.69, 9.17) is 30.6 Å². The highest BCUT2D eigenvalue weighted by molar-refractivity contribution is 6.58. The third-order valence-electron chi connectivity index (χ3n) is 6.15. The van der Waals surface area contributed by atoms with E-state index in [1.54, 1.807) is 37.3 Å². The molecule has 0 radical (unpaired) electrons. The molecular weight excluding hydrogens is 485 g/mol. The van der Waals surface area contributed by atoms with Crippen molar-refractivity contribution in [1.82, 2.24) is 9.97 Å². The Balaban J connectivity index is 1.66. The summed E-state index contributed by atoms with van der Waals surface area (Å²) in [6.45, 7) is 2.79. The van der Waals surface area contributed by atoms with Crippen LogP contribution in [0.2, 0.25) is 0 Å². The van der Waals surface area contributed by atoms with Crippen molar-refractivity contribution in [3.63, 3.8) is 0 Å². The van der Waals surface area contributed by atoms with Crippen molar-refractivity contribution in [2.75, 3.05) is 18.5 Å². The molecule has 5 rings (SSSR count). The van der Waals surface area contributed by atoms with Gasteiger partial charge in [0.2, 0.25) is 0 Å². The molecule has 10 nitrogen and oxygen atoms in total. The molecule has 0 aliphatic carbocycles. The third-order valence-corrected chi connectivity index (χ3v) is 6.15. The van der Waals surface area contributed by atoms with Gasteiger partial charge in [-0.3, -0.25) is 4.79 Å². The van der Waals surface area contributed by atoms with Gasteiger partial charge in [0.05, 0.1) is 11.1 Å². The first-order valence-corrected chi connectivity index (χ1v) is 12.0. The molecule has 0 unspecified atom stereocenters. The second-order valence-corrected chi connectivity index (χ2v) is 8.74. The number of nitrogens with one attached hydrogen (secondary N) is 1. The van der Waals surface area contributed by atoms with E-state index in [1.165, 1.54) is 0 Å². The normalized spacial score (nSPS) is 11.2. The topological polar surface area (TPSA) is 170 Å². The predicted molar refractivity (Wildman–Crippen MR) is 146 cm³/mol. The quantitative estimate of drug-likeness (QED) is 0.186. The van der Waals surface area contributed by atoms with Gasteiger partial charge in [-0.05, 0) is 36.1 Å². The third kappa shape index (κ3) is 4.77. The van der Waals surface area contributed by atoms with Gasteiger partial charge in [-0.2, -0.15) is 0 Å².